The molecule has 0 saturated heterocycles. The van der Waals surface area contributed by atoms with E-state index in [2.05, 4.69) is 9.97 Å². The molecular weight excluding hydrogens is 221 g/mol. The van der Waals surface area contributed by atoms with Gasteiger partial charge in [-0.05, 0) is 33.7 Å². The quantitative estimate of drug-likeness (QED) is 0.433. The summed E-state index contributed by atoms with van der Waals surface area (Å²) < 4.78 is 5.42. The first kappa shape index (κ1) is 11.1. The molecule has 0 radical (unpaired) electrons. The lowest BCUT2D eigenvalue weighted by Crippen LogP contribution is -2.05. The van der Waals surface area contributed by atoms with Gasteiger partial charge in [-0.15, -0.1) is 0 Å². The minimum atomic E-state index is -0.558. The molecule has 0 fully saturated rings. The molecule has 0 aliphatic carbocycles. The lowest BCUT2D eigenvalue weighted by Gasteiger charge is -2.03. The van der Waals surface area contributed by atoms with Crippen LogP contribution in [0.3, 0.4) is 0 Å². The molecule has 17 heavy (non-hydrogen) atoms. The third-order valence-corrected chi connectivity index (χ3v) is 2.03. The number of ether oxygens (including phenoxy) is 1. The SMILES string of the molecule is Bc1ccc(Oc2ccc([N+](=O)[O-])nc2)cn1. The predicted molar refractivity (Wildman–Crippen MR) is 63.4 cm³/mol. The molecule has 6 nitrogen and oxygen atoms in total. The Morgan fingerprint density at radius 1 is 1.12 bits per heavy atom. The van der Waals surface area contributed by atoms with Crippen molar-refractivity contribution in [3.8, 4) is 11.5 Å². The summed E-state index contributed by atoms with van der Waals surface area (Å²) in [6, 6.07) is 6.36. The van der Waals surface area contributed by atoms with Crippen LogP contribution in [0, 0.1) is 10.1 Å². The van der Waals surface area contributed by atoms with E-state index >= 15 is 0 Å². The second-order valence-corrected chi connectivity index (χ2v) is 3.35. The lowest BCUT2D eigenvalue weighted by atomic mass is 10.0. The van der Waals surface area contributed by atoms with Gasteiger partial charge in [-0.2, -0.15) is 0 Å². The Balaban J connectivity index is 2.13. The smallest absolute Gasteiger partial charge is 0.363 e. The van der Waals surface area contributed by atoms with Gasteiger partial charge in [-0.3, -0.25) is 4.98 Å². The van der Waals surface area contributed by atoms with Gasteiger partial charge in [0, 0.05) is 6.07 Å². The van der Waals surface area contributed by atoms with Crippen molar-refractivity contribution in [3.05, 3.63) is 46.8 Å². The van der Waals surface area contributed by atoms with Crippen LogP contribution < -0.4 is 10.3 Å². The van der Waals surface area contributed by atoms with E-state index in [4.69, 9.17) is 4.74 Å². The van der Waals surface area contributed by atoms with E-state index in [1.807, 2.05) is 13.9 Å². The van der Waals surface area contributed by atoms with Gasteiger partial charge < -0.3 is 14.9 Å². The molecule has 2 aromatic heterocycles. The molecule has 0 atom stereocenters. The van der Waals surface area contributed by atoms with E-state index in [0.29, 0.717) is 11.5 Å². The van der Waals surface area contributed by atoms with Crippen molar-refractivity contribution in [2.45, 2.75) is 0 Å². The van der Waals surface area contributed by atoms with E-state index in [-0.39, 0.29) is 5.82 Å². The summed E-state index contributed by atoms with van der Waals surface area (Å²) in [5, 5.41) is 10.4. The Morgan fingerprint density at radius 3 is 2.24 bits per heavy atom. The van der Waals surface area contributed by atoms with Crippen molar-refractivity contribution < 1.29 is 9.66 Å². The molecule has 0 N–H and O–H groups in total. The largest absolute Gasteiger partial charge is 0.452 e. The van der Waals surface area contributed by atoms with E-state index in [9.17, 15) is 10.1 Å². The van der Waals surface area contributed by atoms with Gasteiger partial charge >= 0.3 is 5.82 Å². The topological polar surface area (TPSA) is 78.2 Å². The molecule has 0 aromatic carbocycles. The molecule has 2 rings (SSSR count). The zero-order valence-corrected chi connectivity index (χ0v) is 9.03. The van der Waals surface area contributed by atoms with Crippen LogP contribution in [0.15, 0.2) is 36.7 Å². The van der Waals surface area contributed by atoms with Crippen molar-refractivity contribution in [1.82, 2.24) is 9.97 Å². The molecule has 2 aromatic rings. The average Bonchev–Trinajstić information content (AvgIpc) is 2.33. The van der Waals surface area contributed by atoms with Crippen molar-refractivity contribution in [2.24, 2.45) is 0 Å². The third-order valence-electron chi connectivity index (χ3n) is 2.03. The van der Waals surface area contributed by atoms with Crippen LogP contribution >= 0.6 is 0 Å². The van der Waals surface area contributed by atoms with E-state index < -0.39 is 4.92 Å². The molecule has 84 valence electrons. The molecule has 2 heterocycles. The highest BCUT2D eigenvalue weighted by Crippen LogP contribution is 2.20. The zero-order valence-electron chi connectivity index (χ0n) is 9.03. The number of nitrogens with zero attached hydrogens (tertiary/aromatic N) is 3. The molecule has 0 amide bonds. The van der Waals surface area contributed by atoms with Gasteiger partial charge in [0.05, 0.1) is 6.20 Å². The fourth-order valence-corrected chi connectivity index (χ4v) is 1.19. The Kier molecular flexibility index (Phi) is 3.00. The highest BCUT2D eigenvalue weighted by molar-refractivity contribution is 6.30. The van der Waals surface area contributed by atoms with E-state index in [1.54, 1.807) is 12.3 Å². The number of hydrogen-bond donors (Lipinski definition) is 0. The summed E-state index contributed by atoms with van der Waals surface area (Å²) in [6.07, 6.45) is 2.88. The number of aromatic nitrogens is 2. The van der Waals surface area contributed by atoms with Crippen LogP contribution in [0.5, 0.6) is 11.5 Å². The maximum absolute atomic E-state index is 10.4. The summed E-state index contributed by atoms with van der Waals surface area (Å²) in [5.41, 5.74) is 0.888. The highest BCUT2D eigenvalue weighted by atomic mass is 16.6. The first-order valence-electron chi connectivity index (χ1n) is 4.86. The summed E-state index contributed by atoms with van der Waals surface area (Å²) >= 11 is 0. The number of rotatable bonds is 3. The van der Waals surface area contributed by atoms with Crippen LogP contribution in [0.2, 0.25) is 0 Å². The molecule has 0 bridgehead atoms. The van der Waals surface area contributed by atoms with Crippen molar-refractivity contribution in [3.63, 3.8) is 0 Å². The minimum Gasteiger partial charge on any atom is -0.452 e. The Labute approximate surface area is 97.8 Å². The number of pyridine rings is 2. The lowest BCUT2D eigenvalue weighted by molar-refractivity contribution is -0.389. The van der Waals surface area contributed by atoms with Crippen molar-refractivity contribution in [1.29, 1.82) is 0 Å². The minimum absolute atomic E-state index is 0.209. The highest BCUT2D eigenvalue weighted by Gasteiger charge is 2.07. The fraction of sp³-hybridized carbons (Fsp3) is 0. The molecule has 0 spiro atoms. The summed E-state index contributed by atoms with van der Waals surface area (Å²) in [7, 11) is 1.87. The van der Waals surface area contributed by atoms with Gasteiger partial charge in [0.2, 0.25) is 0 Å². The van der Waals surface area contributed by atoms with Crippen LogP contribution in [0.1, 0.15) is 0 Å². The fourth-order valence-electron chi connectivity index (χ4n) is 1.19. The molecule has 0 aliphatic rings. The maximum Gasteiger partial charge on any atom is 0.363 e. The average molecular weight is 229 g/mol. The standard InChI is InChI=1S/C10H8BN3O3/c11-9-3-1-7(5-12-9)17-8-2-4-10(13-6-8)14(15)16/h1-6H,11H2. The van der Waals surface area contributed by atoms with Crippen LogP contribution in [-0.4, -0.2) is 22.7 Å². The third kappa shape index (κ3) is 2.78. The second-order valence-electron chi connectivity index (χ2n) is 3.35. The van der Waals surface area contributed by atoms with E-state index in [0.717, 1.165) is 5.59 Å². The molecule has 0 aliphatic heterocycles. The normalized spacial score (nSPS) is 9.88. The van der Waals surface area contributed by atoms with Gasteiger partial charge in [0.15, 0.2) is 19.8 Å². The van der Waals surface area contributed by atoms with Crippen LogP contribution in [-0.2, 0) is 0 Å². The monoisotopic (exact) mass is 229 g/mol. The van der Waals surface area contributed by atoms with Crippen LogP contribution in [0.25, 0.3) is 0 Å². The summed E-state index contributed by atoms with van der Waals surface area (Å²) in [5.74, 6) is 0.784. The molecule has 0 unspecified atom stereocenters. The Morgan fingerprint density at radius 2 is 1.76 bits per heavy atom. The predicted octanol–water partition coefficient (Wildman–Crippen LogP) is 0.435. The van der Waals surface area contributed by atoms with Gasteiger partial charge in [0.1, 0.15) is 5.75 Å². The molecule has 7 heteroatoms. The molecule has 0 saturated carbocycles. The first-order chi connectivity index (χ1) is 8.15. The van der Waals surface area contributed by atoms with Crippen LogP contribution in [0.4, 0.5) is 5.82 Å². The Hall–Kier alpha value is -2.44. The number of hydrogen-bond acceptors (Lipinski definition) is 5. The molecular formula is C10H8BN3O3. The first-order valence-corrected chi connectivity index (χ1v) is 4.86. The van der Waals surface area contributed by atoms with Gasteiger partial charge in [0.25, 0.3) is 0 Å². The maximum atomic E-state index is 10.4. The zero-order chi connectivity index (χ0) is 12.3. The number of nitro groups is 1. The van der Waals surface area contributed by atoms with Crippen molar-refractivity contribution in [2.75, 3.05) is 0 Å². The summed E-state index contributed by atoms with van der Waals surface area (Å²) in [6.45, 7) is 0. The summed E-state index contributed by atoms with van der Waals surface area (Å²) in [4.78, 5) is 17.6. The van der Waals surface area contributed by atoms with Gasteiger partial charge in [-0.25, -0.2) is 0 Å². The Bertz CT molecular complexity index is 527. The van der Waals surface area contributed by atoms with E-state index in [1.165, 1.54) is 18.3 Å². The van der Waals surface area contributed by atoms with Gasteiger partial charge in [-0.1, -0.05) is 0 Å². The van der Waals surface area contributed by atoms with Crippen molar-refractivity contribution >= 4 is 19.3 Å². The second kappa shape index (κ2) is 4.61.